The number of nitrogens with two attached hydrogens (primary N) is 1. The van der Waals surface area contributed by atoms with Crippen LogP contribution < -0.4 is 5.73 Å². The summed E-state index contributed by atoms with van der Waals surface area (Å²) in [6.45, 7) is 10.2. The van der Waals surface area contributed by atoms with Gasteiger partial charge < -0.3 is 19.8 Å². The zero-order valence-electron chi connectivity index (χ0n) is 13.0. The number of nitrogens with zero attached hydrogens (tertiary/aromatic N) is 3. The molecular weight excluding hydrogens is 272 g/mol. The van der Waals surface area contributed by atoms with Gasteiger partial charge in [0.2, 0.25) is 0 Å². The maximum absolute atomic E-state index is 11.8. The standard InChI is InChI=1S/C14H24N4O3/c1-4-17-6-7-21-11(8-17)9-18-10(3)16-12(13(18)15)14(19)20-5-2/h11H,4-9,15H2,1-3H3. The van der Waals surface area contributed by atoms with Gasteiger partial charge in [-0.25, -0.2) is 9.78 Å². The number of anilines is 1. The summed E-state index contributed by atoms with van der Waals surface area (Å²) in [5, 5.41) is 0. The molecule has 7 heteroatoms. The van der Waals surface area contributed by atoms with Gasteiger partial charge in [0.05, 0.1) is 25.9 Å². The van der Waals surface area contributed by atoms with Crippen LogP contribution in [0.5, 0.6) is 0 Å². The van der Waals surface area contributed by atoms with Crippen molar-refractivity contribution < 1.29 is 14.3 Å². The largest absolute Gasteiger partial charge is 0.461 e. The van der Waals surface area contributed by atoms with Crippen LogP contribution in [0.2, 0.25) is 0 Å². The lowest BCUT2D eigenvalue weighted by Gasteiger charge is -2.32. The summed E-state index contributed by atoms with van der Waals surface area (Å²) in [7, 11) is 0. The maximum Gasteiger partial charge on any atom is 0.360 e. The molecule has 2 rings (SSSR count). The van der Waals surface area contributed by atoms with E-state index in [2.05, 4.69) is 16.8 Å². The average molecular weight is 296 g/mol. The highest BCUT2D eigenvalue weighted by molar-refractivity contribution is 5.92. The smallest absolute Gasteiger partial charge is 0.360 e. The van der Waals surface area contributed by atoms with E-state index in [-0.39, 0.29) is 11.8 Å². The molecule has 0 amide bonds. The molecule has 1 atom stereocenters. The lowest BCUT2D eigenvalue weighted by atomic mass is 10.2. The fourth-order valence-electron chi connectivity index (χ4n) is 2.54. The molecule has 0 bridgehead atoms. The first kappa shape index (κ1) is 15.8. The second kappa shape index (κ2) is 6.91. The van der Waals surface area contributed by atoms with Crippen molar-refractivity contribution >= 4 is 11.8 Å². The third kappa shape index (κ3) is 3.54. The van der Waals surface area contributed by atoms with Crippen LogP contribution >= 0.6 is 0 Å². The Bertz CT molecular complexity index is 501. The van der Waals surface area contributed by atoms with Crippen molar-refractivity contribution in [2.75, 3.05) is 38.6 Å². The molecule has 1 aromatic rings. The van der Waals surface area contributed by atoms with Gasteiger partial charge in [-0.15, -0.1) is 0 Å². The van der Waals surface area contributed by atoms with Gasteiger partial charge in [0.15, 0.2) is 5.69 Å². The molecule has 0 radical (unpaired) electrons. The van der Waals surface area contributed by atoms with Crippen molar-refractivity contribution in [3.05, 3.63) is 11.5 Å². The van der Waals surface area contributed by atoms with Gasteiger partial charge in [-0.2, -0.15) is 0 Å². The lowest BCUT2D eigenvalue weighted by Crippen LogP contribution is -2.44. The van der Waals surface area contributed by atoms with Crippen LogP contribution in [0.25, 0.3) is 0 Å². The zero-order valence-corrected chi connectivity index (χ0v) is 13.0. The first-order valence-electron chi connectivity index (χ1n) is 7.40. The number of hydrogen-bond donors (Lipinski definition) is 1. The Morgan fingerprint density at radius 3 is 2.95 bits per heavy atom. The number of aryl methyl sites for hydroxylation is 1. The van der Waals surface area contributed by atoms with E-state index in [1.54, 1.807) is 6.92 Å². The molecule has 21 heavy (non-hydrogen) atoms. The van der Waals surface area contributed by atoms with Gasteiger partial charge in [-0.3, -0.25) is 4.90 Å². The van der Waals surface area contributed by atoms with Crippen molar-refractivity contribution in [1.29, 1.82) is 0 Å². The molecule has 0 spiro atoms. The number of esters is 1. The summed E-state index contributed by atoms with van der Waals surface area (Å²) in [6, 6.07) is 0. The molecule has 0 aromatic carbocycles. The summed E-state index contributed by atoms with van der Waals surface area (Å²) in [5.41, 5.74) is 6.24. The minimum absolute atomic E-state index is 0.0592. The molecule has 0 aliphatic carbocycles. The Morgan fingerprint density at radius 1 is 1.52 bits per heavy atom. The molecule has 1 saturated heterocycles. The number of rotatable bonds is 5. The first-order valence-corrected chi connectivity index (χ1v) is 7.40. The van der Waals surface area contributed by atoms with E-state index in [0.717, 1.165) is 26.2 Å². The maximum atomic E-state index is 11.8. The van der Waals surface area contributed by atoms with E-state index in [1.165, 1.54) is 0 Å². The lowest BCUT2D eigenvalue weighted by molar-refractivity contribution is -0.0342. The number of aromatic nitrogens is 2. The van der Waals surface area contributed by atoms with E-state index in [4.69, 9.17) is 15.2 Å². The third-order valence-corrected chi connectivity index (χ3v) is 3.72. The quantitative estimate of drug-likeness (QED) is 0.804. The Hall–Kier alpha value is -1.60. The summed E-state index contributed by atoms with van der Waals surface area (Å²) < 4.78 is 12.6. The summed E-state index contributed by atoms with van der Waals surface area (Å²) >= 11 is 0. The fraction of sp³-hybridized carbons (Fsp3) is 0.714. The van der Waals surface area contributed by atoms with Crippen LogP contribution in [-0.4, -0.2) is 59.4 Å². The molecule has 1 aliphatic rings. The number of morpholine rings is 1. The van der Waals surface area contributed by atoms with E-state index in [0.29, 0.717) is 24.8 Å². The van der Waals surface area contributed by atoms with Crippen molar-refractivity contribution in [2.24, 2.45) is 0 Å². The Morgan fingerprint density at radius 2 is 2.29 bits per heavy atom. The average Bonchev–Trinajstić information content (AvgIpc) is 2.76. The van der Waals surface area contributed by atoms with Gasteiger partial charge >= 0.3 is 5.97 Å². The number of ether oxygens (including phenoxy) is 2. The number of hydrogen-bond acceptors (Lipinski definition) is 6. The number of carbonyl (C=O) groups is 1. The van der Waals surface area contributed by atoms with E-state index < -0.39 is 5.97 Å². The SMILES string of the molecule is CCOC(=O)c1nc(C)n(CC2CN(CC)CCO2)c1N. The third-order valence-electron chi connectivity index (χ3n) is 3.72. The van der Waals surface area contributed by atoms with Gasteiger partial charge in [-0.05, 0) is 20.4 Å². The molecule has 1 fully saturated rings. The number of imidazole rings is 1. The van der Waals surface area contributed by atoms with E-state index in [1.807, 2.05) is 11.5 Å². The monoisotopic (exact) mass is 296 g/mol. The normalized spacial score (nSPS) is 19.7. The Kier molecular flexibility index (Phi) is 5.19. The van der Waals surface area contributed by atoms with Gasteiger partial charge in [0.25, 0.3) is 0 Å². The van der Waals surface area contributed by atoms with Gasteiger partial charge in [-0.1, -0.05) is 6.92 Å². The fourth-order valence-corrected chi connectivity index (χ4v) is 2.54. The molecule has 2 N–H and O–H groups in total. The summed E-state index contributed by atoms with van der Waals surface area (Å²) in [6.07, 6.45) is 0.0592. The van der Waals surface area contributed by atoms with Crippen molar-refractivity contribution in [1.82, 2.24) is 14.5 Å². The molecule has 118 valence electrons. The number of carbonyl (C=O) groups excluding carboxylic acids is 1. The predicted octanol–water partition coefficient (Wildman–Crippen LogP) is 0.671. The number of nitrogen functional groups attached to an aromatic ring is 1. The zero-order chi connectivity index (χ0) is 15.4. The topological polar surface area (TPSA) is 82.6 Å². The van der Waals surface area contributed by atoms with Crippen LogP contribution in [0.1, 0.15) is 30.2 Å². The highest BCUT2D eigenvalue weighted by atomic mass is 16.5. The minimum Gasteiger partial charge on any atom is -0.461 e. The van der Waals surface area contributed by atoms with Crippen molar-refractivity contribution in [2.45, 2.75) is 33.4 Å². The molecule has 1 aromatic heterocycles. The second-order valence-electron chi connectivity index (χ2n) is 5.11. The summed E-state index contributed by atoms with van der Waals surface area (Å²) in [4.78, 5) is 18.4. The summed E-state index contributed by atoms with van der Waals surface area (Å²) in [5.74, 6) is 0.576. The molecule has 2 heterocycles. The van der Waals surface area contributed by atoms with E-state index in [9.17, 15) is 4.79 Å². The van der Waals surface area contributed by atoms with Gasteiger partial charge in [0, 0.05) is 13.1 Å². The molecule has 7 nitrogen and oxygen atoms in total. The molecular formula is C14H24N4O3. The Balaban J connectivity index is 2.11. The van der Waals surface area contributed by atoms with Crippen LogP contribution in [0.4, 0.5) is 5.82 Å². The van der Waals surface area contributed by atoms with E-state index >= 15 is 0 Å². The minimum atomic E-state index is -0.475. The Labute approximate surface area is 125 Å². The molecule has 0 saturated carbocycles. The predicted molar refractivity (Wildman–Crippen MR) is 79.2 cm³/mol. The highest BCUT2D eigenvalue weighted by Gasteiger charge is 2.24. The van der Waals surface area contributed by atoms with Crippen LogP contribution in [-0.2, 0) is 16.0 Å². The number of likely N-dealkylation sites (N-methyl/N-ethyl adjacent to an activating group) is 1. The van der Waals surface area contributed by atoms with Crippen LogP contribution in [0.15, 0.2) is 0 Å². The van der Waals surface area contributed by atoms with Crippen LogP contribution in [0, 0.1) is 6.92 Å². The van der Waals surface area contributed by atoms with Crippen molar-refractivity contribution in [3.63, 3.8) is 0 Å². The second-order valence-corrected chi connectivity index (χ2v) is 5.11. The van der Waals surface area contributed by atoms with Gasteiger partial charge in [0.1, 0.15) is 11.6 Å². The molecule has 1 unspecified atom stereocenters. The van der Waals surface area contributed by atoms with Crippen LogP contribution in [0.3, 0.4) is 0 Å². The first-order chi connectivity index (χ1) is 10.1. The van der Waals surface area contributed by atoms with Crippen molar-refractivity contribution in [3.8, 4) is 0 Å². The molecule has 1 aliphatic heterocycles. The highest BCUT2D eigenvalue weighted by Crippen LogP contribution is 2.18.